The first kappa shape index (κ1) is 16.2. The van der Waals surface area contributed by atoms with E-state index >= 15 is 0 Å². The van der Waals surface area contributed by atoms with Crippen molar-refractivity contribution < 1.29 is 9.53 Å². The number of rotatable bonds is 5. The summed E-state index contributed by atoms with van der Waals surface area (Å²) in [5.74, 6) is -0.170. The maximum Gasteiger partial charge on any atom is 0.239 e. The topological polar surface area (TPSA) is 67.6 Å². The lowest BCUT2D eigenvalue weighted by atomic mass is 10.00. The van der Waals surface area contributed by atoms with E-state index in [2.05, 4.69) is 17.3 Å². The van der Waals surface area contributed by atoms with Gasteiger partial charge in [0.25, 0.3) is 0 Å². The van der Waals surface area contributed by atoms with Crippen molar-refractivity contribution >= 4 is 17.5 Å². The Kier molecular flexibility index (Phi) is 5.58. The molecule has 1 fully saturated rings. The number of carbonyl (C=O) groups is 1. The molecule has 0 spiro atoms. The van der Waals surface area contributed by atoms with Gasteiger partial charge in [-0.15, -0.1) is 0 Å². The summed E-state index contributed by atoms with van der Waals surface area (Å²) in [5, 5.41) is 3.75. The Morgan fingerprint density at radius 3 is 2.81 bits per heavy atom. The lowest BCUT2D eigenvalue weighted by molar-refractivity contribution is -0.124. The molecule has 0 radical (unpaired) electrons. The third-order valence-corrected chi connectivity index (χ3v) is 4.12. The van der Waals surface area contributed by atoms with E-state index in [9.17, 15) is 4.79 Å². The minimum atomic E-state index is -0.633. The van der Waals surface area contributed by atoms with Crippen molar-refractivity contribution in [1.29, 1.82) is 0 Å². The van der Waals surface area contributed by atoms with Crippen molar-refractivity contribution in [3.05, 3.63) is 34.9 Å². The fourth-order valence-corrected chi connectivity index (χ4v) is 2.92. The summed E-state index contributed by atoms with van der Waals surface area (Å²) in [5.41, 5.74) is 6.92. The molecule has 0 saturated carbocycles. The minimum absolute atomic E-state index is 0.0478. The van der Waals surface area contributed by atoms with Crippen LogP contribution < -0.4 is 11.1 Å². The van der Waals surface area contributed by atoms with Crippen molar-refractivity contribution in [3.8, 4) is 0 Å². The summed E-state index contributed by atoms with van der Waals surface area (Å²) in [6, 6.07) is 7.31. The van der Waals surface area contributed by atoms with Gasteiger partial charge in [-0.1, -0.05) is 23.7 Å². The van der Waals surface area contributed by atoms with Gasteiger partial charge in [0.2, 0.25) is 5.91 Å². The molecule has 1 saturated heterocycles. The second kappa shape index (κ2) is 7.22. The van der Waals surface area contributed by atoms with E-state index in [1.807, 2.05) is 24.3 Å². The zero-order valence-corrected chi connectivity index (χ0v) is 13.1. The minimum Gasteiger partial charge on any atom is -0.383 e. The van der Waals surface area contributed by atoms with Gasteiger partial charge in [0.1, 0.15) is 6.04 Å². The molecule has 116 valence electrons. The smallest absolute Gasteiger partial charge is 0.239 e. The average molecular weight is 312 g/mol. The third-order valence-electron chi connectivity index (χ3n) is 3.87. The van der Waals surface area contributed by atoms with Gasteiger partial charge in [-0.25, -0.2) is 0 Å². The fourth-order valence-electron chi connectivity index (χ4n) is 2.79. The number of hydrogen-bond acceptors (Lipinski definition) is 4. The molecule has 6 heteroatoms. The first-order valence-electron chi connectivity index (χ1n) is 7.03. The van der Waals surface area contributed by atoms with Gasteiger partial charge in [0, 0.05) is 24.7 Å². The molecule has 2 rings (SSSR count). The van der Waals surface area contributed by atoms with Crippen LogP contribution in [-0.4, -0.2) is 50.2 Å². The number of likely N-dealkylation sites (tertiary alicyclic amines) is 1. The number of methoxy groups -OCH3 is 1. The molecule has 21 heavy (non-hydrogen) atoms. The van der Waals surface area contributed by atoms with Crippen LogP contribution in [0, 0.1) is 0 Å². The first-order chi connectivity index (χ1) is 10.0. The van der Waals surface area contributed by atoms with Crippen molar-refractivity contribution in [2.45, 2.75) is 24.5 Å². The molecule has 1 amide bonds. The van der Waals surface area contributed by atoms with Crippen LogP contribution in [0.25, 0.3) is 0 Å². The number of nitrogens with two attached hydrogens (primary N) is 1. The number of carbonyl (C=O) groups excluding carboxylic acids is 1. The highest BCUT2D eigenvalue weighted by atomic mass is 35.5. The van der Waals surface area contributed by atoms with E-state index in [0.29, 0.717) is 5.02 Å². The van der Waals surface area contributed by atoms with E-state index in [1.54, 1.807) is 0 Å². The van der Waals surface area contributed by atoms with E-state index in [-0.39, 0.29) is 24.6 Å². The molecule has 1 heterocycles. The van der Waals surface area contributed by atoms with Crippen LogP contribution in [0.5, 0.6) is 0 Å². The SMILES string of the molecule is COCC(N)C(=O)NC1CCN(C)C1c1ccc(Cl)cc1. The number of hydrogen-bond donors (Lipinski definition) is 2. The first-order valence-corrected chi connectivity index (χ1v) is 7.41. The molecule has 1 aromatic carbocycles. The van der Waals surface area contributed by atoms with Gasteiger partial charge >= 0.3 is 0 Å². The number of nitrogens with zero attached hydrogens (tertiary/aromatic N) is 1. The van der Waals surface area contributed by atoms with Crippen molar-refractivity contribution in [2.24, 2.45) is 5.73 Å². The summed E-state index contributed by atoms with van der Waals surface area (Å²) in [4.78, 5) is 14.3. The predicted molar refractivity (Wildman–Crippen MR) is 83.2 cm³/mol. The Morgan fingerprint density at radius 1 is 1.52 bits per heavy atom. The van der Waals surface area contributed by atoms with Crippen molar-refractivity contribution in [1.82, 2.24) is 10.2 Å². The third kappa shape index (κ3) is 3.95. The molecular formula is C15H22ClN3O2. The van der Waals surface area contributed by atoms with Crippen LogP contribution in [0.3, 0.4) is 0 Å². The molecule has 0 aromatic heterocycles. The van der Waals surface area contributed by atoms with E-state index in [0.717, 1.165) is 18.5 Å². The highest BCUT2D eigenvalue weighted by Crippen LogP contribution is 2.31. The molecule has 1 aliphatic rings. The van der Waals surface area contributed by atoms with E-state index < -0.39 is 6.04 Å². The van der Waals surface area contributed by atoms with Crippen LogP contribution in [0.4, 0.5) is 0 Å². The predicted octanol–water partition coefficient (Wildman–Crippen LogP) is 1.18. The molecule has 5 nitrogen and oxygen atoms in total. The molecule has 1 aliphatic heterocycles. The molecule has 3 unspecified atom stereocenters. The highest BCUT2D eigenvalue weighted by molar-refractivity contribution is 6.30. The quantitative estimate of drug-likeness (QED) is 0.857. The van der Waals surface area contributed by atoms with Gasteiger partial charge < -0.3 is 15.8 Å². The van der Waals surface area contributed by atoms with Crippen LogP contribution in [0.1, 0.15) is 18.0 Å². The lowest BCUT2D eigenvalue weighted by Gasteiger charge is -2.27. The highest BCUT2D eigenvalue weighted by Gasteiger charge is 2.34. The monoisotopic (exact) mass is 311 g/mol. The Morgan fingerprint density at radius 2 is 2.19 bits per heavy atom. The maximum atomic E-state index is 12.1. The summed E-state index contributed by atoms with van der Waals surface area (Å²) in [6.45, 7) is 1.15. The number of ether oxygens (including phenoxy) is 1. The second-order valence-corrected chi connectivity index (χ2v) is 5.88. The Balaban J connectivity index is 2.08. The van der Waals surface area contributed by atoms with Crippen LogP contribution in [0.2, 0.25) is 5.02 Å². The van der Waals surface area contributed by atoms with Gasteiger partial charge in [-0.05, 0) is 31.2 Å². The summed E-state index contributed by atoms with van der Waals surface area (Å²) in [7, 11) is 3.59. The normalized spacial score (nSPS) is 24.0. The van der Waals surface area contributed by atoms with E-state index in [1.165, 1.54) is 7.11 Å². The summed E-state index contributed by atoms with van der Waals surface area (Å²) >= 11 is 5.94. The molecule has 3 N–H and O–H groups in total. The molecule has 0 aliphatic carbocycles. The average Bonchev–Trinajstić information content (AvgIpc) is 2.81. The van der Waals surface area contributed by atoms with Crippen molar-refractivity contribution in [2.75, 3.05) is 27.3 Å². The Hall–Kier alpha value is -1.14. The van der Waals surface area contributed by atoms with Gasteiger partial charge in [-0.2, -0.15) is 0 Å². The number of likely N-dealkylation sites (N-methyl/N-ethyl adjacent to an activating group) is 1. The Bertz CT molecular complexity index is 480. The van der Waals surface area contributed by atoms with Gasteiger partial charge in [-0.3, -0.25) is 9.69 Å². The standard InChI is InChI=1S/C15H22ClN3O2/c1-19-8-7-13(18-15(20)12(17)9-21-2)14(19)10-3-5-11(16)6-4-10/h3-6,12-14H,7-9,17H2,1-2H3,(H,18,20). The van der Waals surface area contributed by atoms with Crippen LogP contribution >= 0.6 is 11.6 Å². The largest absolute Gasteiger partial charge is 0.383 e. The Labute approximate surface area is 130 Å². The molecule has 3 atom stereocenters. The van der Waals surface area contributed by atoms with Crippen LogP contribution in [0.15, 0.2) is 24.3 Å². The van der Waals surface area contributed by atoms with Gasteiger partial charge in [0.05, 0.1) is 12.6 Å². The summed E-state index contributed by atoms with van der Waals surface area (Å²) in [6.07, 6.45) is 0.898. The molecule has 0 bridgehead atoms. The lowest BCUT2D eigenvalue weighted by Crippen LogP contribution is -2.48. The zero-order valence-electron chi connectivity index (χ0n) is 12.4. The van der Waals surface area contributed by atoms with E-state index in [4.69, 9.17) is 22.1 Å². The number of benzene rings is 1. The zero-order chi connectivity index (χ0) is 15.4. The maximum absolute atomic E-state index is 12.1. The number of amides is 1. The second-order valence-electron chi connectivity index (χ2n) is 5.44. The summed E-state index contributed by atoms with van der Waals surface area (Å²) < 4.78 is 4.92. The van der Waals surface area contributed by atoms with Crippen molar-refractivity contribution in [3.63, 3.8) is 0 Å². The molecular weight excluding hydrogens is 290 g/mol. The van der Waals surface area contributed by atoms with Crippen LogP contribution in [-0.2, 0) is 9.53 Å². The molecule has 1 aromatic rings. The number of halogens is 1. The number of nitrogens with one attached hydrogen (secondary N) is 1. The van der Waals surface area contributed by atoms with Gasteiger partial charge in [0.15, 0.2) is 0 Å². The fraction of sp³-hybridized carbons (Fsp3) is 0.533.